The predicted molar refractivity (Wildman–Crippen MR) is 108 cm³/mol. The molecular formula is C20H21ClF3NO8. The summed E-state index contributed by atoms with van der Waals surface area (Å²) in [5, 5.41) is 9.22. The Hall–Kier alpha value is -3.02. The van der Waals surface area contributed by atoms with Crippen LogP contribution in [0.15, 0.2) is 17.7 Å². The number of nitrogens with zero attached hydrogens (tertiary/aromatic N) is 1. The van der Waals surface area contributed by atoms with Crippen LogP contribution >= 0.6 is 11.6 Å². The molecule has 0 spiro atoms. The Morgan fingerprint density at radius 2 is 1.88 bits per heavy atom. The first-order valence-corrected chi connectivity index (χ1v) is 9.94. The van der Waals surface area contributed by atoms with Gasteiger partial charge in [-0.25, -0.2) is 4.79 Å². The molecule has 0 radical (unpaired) electrons. The largest absolute Gasteiger partial charge is 0.475 e. The molecule has 0 aliphatic carbocycles. The van der Waals surface area contributed by atoms with Crippen molar-refractivity contribution in [2.45, 2.75) is 58.1 Å². The minimum atomic E-state index is -4.95. The third-order valence-corrected chi connectivity index (χ3v) is 4.66. The topological polar surface area (TPSA) is 114 Å². The summed E-state index contributed by atoms with van der Waals surface area (Å²) in [6, 6.07) is 2.78. The molecule has 1 aliphatic heterocycles. The average molecular weight is 496 g/mol. The second-order valence-electron chi connectivity index (χ2n) is 8.03. The first-order valence-electron chi connectivity index (χ1n) is 9.56. The summed E-state index contributed by atoms with van der Waals surface area (Å²) in [7, 11) is 0. The van der Waals surface area contributed by atoms with E-state index in [4.69, 9.17) is 25.8 Å². The number of alkyl halides is 3. The van der Waals surface area contributed by atoms with Gasteiger partial charge in [-0.2, -0.15) is 13.2 Å². The summed E-state index contributed by atoms with van der Waals surface area (Å²) in [6.45, 7) is 5.98. The summed E-state index contributed by atoms with van der Waals surface area (Å²) in [6.07, 6.45) is -8.74. The first kappa shape index (κ1) is 26.2. The Labute approximate surface area is 191 Å². The van der Waals surface area contributed by atoms with Gasteiger partial charge in [0.2, 0.25) is 12.4 Å². The molecule has 13 heteroatoms. The van der Waals surface area contributed by atoms with Crippen LogP contribution in [0.25, 0.3) is 6.08 Å². The molecule has 2 atom stereocenters. The van der Waals surface area contributed by atoms with Crippen LogP contribution in [-0.2, 0) is 29.3 Å². The van der Waals surface area contributed by atoms with Gasteiger partial charge in [0.1, 0.15) is 12.4 Å². The molecule has 1 aromatic carbocycles. The molecule has 0 aromatic heterocycles. The highest BCUT2D eigenvalue weighted by Gasteiger charge is 2.49. The molecule has 1 heterocycles. The van der Waals surface area contributed by atoms with Crippen LogP contribution in [0.2, 0.25) is 5.02 Å². The third kappa shape index (κ3) is 6.98. The van der Waals surface area contributed by atoms with Crippen molar-refractivity contribution < 1.29 is 46.9 Å². The number of carbonyl (C=O) groups is 2. The standard InChI is InChI=1S/C20H21ClF3NO8/c1-10(31-16(26)5-6-30-25(28)29)32-18(27)12-7-11-8-14(21)13(19(2,3)4)9-15(11)33-17(12)20(22,23)24/h7-10,17H,5-6H2,1-4H3/t10-,17?/m0/s1. The lowest BCUT2D eigenvalue weighted by atomic mass is 9.85. The van der Waals surface area contributed by atoms with Gasteiger partial charge in [-0.15, -0.1) is 10.1 Å². The van der Waals surface area contributed by atoms with Crippen molar-refractivity contribution in [3.05, 3.63) is 44.0 Å². The van der Waals surface area contributed by atoms with Crippen molar-refractivity contribution in [1.82, 2.24) is 0 Å². The fourth-order valence-electron chi connectivity index (χ4n) is 2.89. The number of benzene rings is 1. The average Bonchev–Trinajstić information content (AvgIpc) is 2.64. The van der Waals surface area contributed by atoms with Gasteiger partial charge in [0, 0.05) is 17.5 Å². The maximum atomic E-state index is 13.7. The highest BCUT2D eigenvalue weighted by Crippen LogP contribution is 2.42. The molecule has 1 aromatic rings. The van der Waals surface area contributed by atoms with E-state index in [0.717, 1.165) is 13.0 Å². The second-order valence-corrected chi connectivity index (χ2v) is 8.44. The summed E-state index contributed by atoms with van der Waals surface area (Å²) >= 11 is 6.27. The number of halogens is 4. The molecule has 33 heavy (non-hydrogen) atoms. The summed E-state index contributed by atoms with van der Waals surface area (Å²) in [5.74, 6) is -2.56. The second kappa shape index (κ2) is 9.86. The molecule has 0 saturated carbocycles. The number of hydrogen-bond donors (Lipinski definition) is 0. The normalized spacial score (nSPS) is 16.6. The molecule has 9 nitrogen and oxygen atoms in total. The van der Waals surface area contributed by atoms with Gasteiger partial charge >= 0.3 is 18.1 Å². The molecule has 0 fully saturated rings. The molecular weight excluding hydrogens is 475 g/mol. The van der Waals surface area contributed by atoms with E-state index in [1.807, 2.05) is 20.8 Å². The van der Waals surface area contributed by atoms with Crippen molar-refractivity contribution in [3.63, 3.8) is 0 Å². The Morgan fingerprint density at radius 3 is 2.42 bits per heavy atom. The zero-order chi connectivity index (χ0) is 25.1. The third-order valence-electron chi connectivity index (χ3n) is 4.35. The van der Waals surface area contributed by atoms with E-state index in [0.29, 0.717) is 5.56 Å². The van der Waals surface area contributed by atoms with E-state index in [1.165, 1.54) is 12.1 Å². The van der Waals surface area contributed by atoms with Gasteiger partial charge in [0.25, 0.3) is 5.09 Å². The van der Waals surface area contributed by atoms with Crippen LogP contribution in [0.4, 0.5) is 13.2 Å². The number of hydrogen-bond acceptors (Lipinski definition) is 8. The van der Waals surface area contributed by atoms with Gasteiger partial charge in [0.15, 0.2) is 0 Å². The highest BCUT2D eigenvalue weighted by molar-refractivity contribution is 6.31. The quantitative estimate of drug-likeness (QED) is 0.237. The number of rotatable bonds is 7. The monoisotopic (exact) mass is 495 g/mol. The van der Waals surface area contributed by atoms with Gasteiger partial charge < -0.3 is 19.0 Å². The van der Waals surface area contributed by atoms with E-state index in [1.54, 1.807) is 0 Å². The van der Waals surface area contributed by atoms with Crippen LogP contribution in [0, 0.1) is 10.1 Å². The minimum Gasteiger partial charge on any atom is -0.475 e. The maximum absolute atomic E-state index is 13.7. The highest BCUT2D eigenvalue weighted by atomic mass is 35.5. The number of fused-ring (bicyclic) bond motifs is 1. The molecule has 2 rings (SSSR count). The van der Waals surface area contributed by atoms with Crippen molar-refractivity contribution in [3.8, 4) is 5.75 Å². The lowest BCUT2D eigenvalue weighted by Crippen LogP contribution is -2.41. The smallest absolute Gasteiger partial charge is 0.430 e. The molecule has 182 valence electrons. The summed E-state index contributed by atoms with van der Waals surface area (Å²) in [5.41, 5.74) is -0.642. The number of ether oxygens (including phenoxy) is 3. The van der Waals surface area contributed by atoms with E-state index in [9.17, 15) is 32.9 Å². The first-order chi connectivity index (χ1) is 15.1. The maximum Gasteiger partial charge on any atom is 0.430 e. The number of esters is 2. The van der Waals surface area contributed by atoms with Crippen LogP contribution in [0.5, 0.6) is 5.75 Å². The van der Waals surface area contributed by atoms with Crippen molar-refractivity contribution in [1.29, 1.82) is 0 Å². The Kier molecular flexibility index (Phi) is 7.83. The van der Waals surface area contributed by atoms with Gasteiger partial charge in [-0.05, 0) is 29.2 Å². The molecule has 0 N–H and O–H groups in total. The number of carbonyl (C=O) groups excluding carboxylic acids is 2. The SMILES string of the molecule is C[C@@H](OC(=O)CCO[N+](=O)[O-])OC(=O)C1=Cc2cc(Cl)c(C(C)(C)C)cc2OC1C(F)(F)F. The molecule has 0 amide bonds. The van der Waals surface area contributed by atoms with Crippen LogP contribution in [0.3, 0.4) is 0 Å². The predicted octanol–water partition coefficient (Wildman–Crippen LogP) is 4.38. The molecule has 1 unspecified atom stereocenters. The van der Waals surface area contributed by atoms with Crippen molar-refractivity contribution >= 4 is 29.6 Å². The van der Waals surface area contributed by atoms with E-state index in [2.05, 4.69) is 4.84 Å². The minimum absolute atomic E-state index is 0.103. The van der Waals surface area contributed by atoms with Gasteiger partial charge in [-0.3, -0.25) is 4.79 Å². The fraction of sp³-hybridized carbons (Fsp3) is 0.500. The van der Waals surface area contributed by atoms with E-state index in [-0.39, 0.29) is 16.3 Å². The summed E-state index contributed by atoms with van der Waals surface area (Å²) < 4.78 is 55.6. The zero-order valence-electron chi connectivity index (χ0n) is 18.0. The van der Waals surface area contributed by atoms with Crippen molar-refractivity contribution in [2.75, 3.05) is 6.61 Å². The van der Waals surface area contributed by atoms with E-state index < -0.39 is 59.6 Å². The van der Waals surface area contributed by atoms with Crippen molar-refractivity contribution in [2.24, 2.45) is 0 Å². The summed E-state index contributed by atoms with van der Waals surface area (Å²) in [4.78, 5) is 38.0. The lowest BCUT2D eigenvalue weighted by molar-refractivity contribution is -0.757. The Balaban J connectivity index is 2.24. The molecule has 1 aliphatic rings. The Bertz CT molecular complexity index is 971. The van der Waals surface area contributed by atoms with Crippen LogP contribution < -0.4 is 4.74 Å². The van der Waals surface area contributed by atoms with Gasteiger partial charge in [-0.1, -0.05) is 32.4 Å². The van der Waals surface area contributed by atoms with Crippen LogP contribution in [-0.4, -0.2) is 42.2 Å². The fourth-order valence-corrected chi connectivity index (χ4v) is 3.35. The van der Waals surface area contributed by atoms with Crippen LogP contribution in [0.1, 0.15) is 45.2 Å². The van der Waals surface area contributed by atoms with E-state index >= 15 is 0 Å². The molecule has 0 bridgehead atoms. The van der Waals surface area contributed by atoms with Gasteiger partial charge in [0.05, 0.1) is 12.0 Å². The zero-order valence-corrected chi connectivity index (χ0v) is 18.8. The Morgan fingerprint density at radius 1 is 1.24 bits per heavy atom. The lowest BCUT2D eigenvalue weighted by Gasteiger charge is -2.30. The molecule has 0 saturated heterocycles.